The summed E-state index contributed by atoms with van der Waals surface area (Å²) in [5.74, 6) is 2.21. The standard InChI is InChI=1S/C23H24ClN5O2/c1-16-15-21(26-19-7-9-20(31-2)10-8-19)27-23(25-16)29-13-11-28(12-14-29)22(30)17-3-5-18(24)6-4-17/h3-10,15H,11-14H2,1-2H3,(H,25,26,27). The normalized spacial score (nSPS) is 13.8. The van der Waals surface area contributed by atoms with Crippen molar-refractivity contribution < 1.29 is 9.53 Å². The number of carbonyl (C=O) groups excluding carboxylic acids is 1. The number of carbonyl (C=O) groups is 1. The van der Waals surface area contributed by atoms with E-state index in [9.17, 15) is 4.79 Å². The zero-order valence-electron chi connectivity index (χ0n) is 17.5. The minimum absolute atomic E-state index is 0.0170. The number of aryl methyl sites for hydroxylation is 1. The molecule has 0 atom stereocenters. The van der Waals surface area contributed by atoms with Crippen LogP contribution in [0.2, 0.25) is 5.02 Å². The summed E-state index contributed by atoms with van der Waals surface area (Å²) in [6.07, 6.45) is 0. The Labute approximate surface area is 186 Å². The number of piperazine rings is 1. The summed E-state index contributed by atoms with van der Waals surface area (Å²) in [6.45, 7) is 4.51. The van der Waals surface area contributed by atoms with Gasteiger partial charge in [0, 0.05) is 54.2 Å². The fraction of sp³-hybridized carbons (Fsp3) is 0.261. The predicted octanol–water partition coefficient (Wildman–Crippen LogP) is 4.15. The van der Waals surface area contributed by atoms with Crippen LogP contribution in [0.3, 0.4) is 0 Å². The smallest absolute Gasteiger partial charge is 0.253 e. The summed E-state index contributed by atoms with van der Waals surface area (Å²) in [7, 11) is 1.64. The molecule has 31 heavy (non-hydrogen) atoms. The summed E-state index contributed by atoms with van der Waals surface area (Å²) in [6, 6.07) is 16.6. The fourth-order valence-electron chi connectivity index (χ4n) is 3.47. The summed E-state index contributed by atoms with van der Waals surface area (Å²) < 4.78 is 5.20. The molecule has 2 heterocycles. The van der Waals surface area contributed by atoms with Gasteiger partial charge in [-0.2, -0.15) is 4.98 Å². The highest BCUT2D eigenvalue weighted by molar-refractivity contribution is 6.30. The molecule has 3 aromatic rings. The van der Waals surface area contributed by atoms with E-state index in [0.717, 1.165) is 22.9 Å². The average Bonchev–Trinajstić information content (AvgIpc) is 2.79. The van der Waals surface area contributed by atoms with Gasteiger partial charge in [-0.25, -0.2) is 4.98 Å². The van der Waals surface area contributed by atoms with Gasteiger partial charge in [0.15, 0.2) is 0 Å². The minimum Gasteiger partial charge on any atom is -0.497 e. The number of aromatic nitrogens is 2. The number of ether oxygens (including phenoxy) is 1. The number of halogens is 1. The van der Waals surface area contributed by atoms with Gasteiger partial charge in [-0.3, -0.25) is 4.79 Å². The van der Waals surface area contributed by atoms with E-state index >= 15 is 0 Å². The van der Waals surface area contributed by atoms with Crippen LogP contribution in [0.15, 0.2) is 54.6 Å². The first-order chi connectivity index (χ1) is 15.0. The van der Waals surface area contributed by atoms with Crippen LogP contribution < -0.4 is 15.0 Å². The first kappa shape index (κ1) is 20.9. The Kier molecular flexibility index (Phi) is 6.23. The molecule has 0 aliphatic carbocycles. The molecular weight excluding hydrogens is 414 g/mol. The van der Waals surface area contributed by atoms with Crippen molar-refractivity contribution >= 4 is 35.0 Å². The molecule has 1 fully saturated rings. The van der Waals surface area contributed by atoms with Gasteiger partial charge in [0.05, 0.1) is 7.11 Å². The van der Waals surface area contributed by atoms with Gasteiger partial charge in [-0.15, -0.1) is 0 Å². The SMILES string of the molecule is COc1ccc(Nc2cc(C)nc(N3CCN(C(=O)c4ccc(Cl)cc4)CC3)n2)cc1. The lowest BCUT2D eigenvalue weighted by Gasteiger charge is -2.35. The van der Waals surface area contributed by atoms with Crippen LogP contribution in [-0.4, -0.2) is 54.1 Å². The first-order valence-corrected chi connectivity index (χ1v) is 10.5. The number of anilines is 3. The molecule has 7 nitrogen and oxygen atoms in total. The molecule has 8 heteroatoms. The Bertz CT molecular complexity index is 1050. The van der Waals surface area contributed by atoms with Crippen LogP contribution in [0, 0.1) is 6.92 Å². The number of hydrogen-bond donors (Lipinski definition) is 1. The van der Waals surface area contributed by atoms with Crippen molar-refractivity contribution in [2.45, 2.75) is 6.92 Å². The maximum absolute atomic E-state index is 12.7. The van der Waals surface area contributed by atoms with Gasteiger partial charge in [-0.05, 0) is 55.5 Å². The molecule has 1 aromatic heterocycles. The Balaban J connectivity index is 1.42. The topological polar surface area (TPSA) is 70.6 Å². The van der Waals surface area contributed by atoms with E-state index in [1.807, 2.05) is 42.2 Å². The lowest BCUT2D eigenvalue weighted by molar-refractivity contribution is 0.0746. The van der Waals surface area contributed by atoms with Crippen LogP contribution in [0.5, 0.6) is 5.75 Å². The number of hydrogen-bond acceptors (Lipinski definition) is 6. The maximum Gasteiger partial charge on any atom is 0.253 e. The van der Waals surface area contributed by atoms with E-state index in [2.05, 4.69) is 20.2 Å². The molecule has 1 N–H and O–H groups in total. The second kappa shape index (κ2) is 9.22. The minimum atomic E-state index is 0.0170. The molecule has 1 aliphatic heterocycles. The monoisotopic (exact) mass is 437 g/mol. The third-order valence-electron chi connectivity index (χ3n) is 5.15. The van der Waals surface area contributed by atoms with Crippen molar-refractivity contribution in [1.82, 2.24) is 14.9 Å². The lowest BCUT2D eigenvalue weighted by Crippen LogP contribution is -2.49. The van der Waals surface area contributed by atoms with Crippen molar-refractivity contribution in [3.05, 3.63) is 70.9 Å². The highest BCUT2D eigenvalue weighted by Crippen LogP contribution is 2.22. The Morgan fingerprint density at radius 2 is 1.68 bits per heavy atom. The zero-order valence-corrected chi connectivity index (χ0v) is 18.3. The molecule has 2 aromatic carbocycles. The predicted molar refractivity (Wildman–Crippen MR) is 123 cm³/mol. The summed E-state index contributed by atoms with van der Waals surface area (Å²) in [5, 5.41) is 3.94. The fourth-order valence-corrected chi connectivity index (χ4v) is 3.59. The van der Waals surface area contributed by atoms with E-state index in [1.54, 1.807) is 31.4 Å². The van der Waals surface area contributed by atoms with Crippen molar-refractivity contribution in [3.63, 3.8) is 0 Å². The Hall–Kier alpha value is -3.32. The number of nitrogens with zero attached hydrogens (tertiary/aromatic N) is 4. The highest BCUT2D eigenvalue weighted by atomic mass is 35.5. The summed E-state index contributed by atoms with van der Waals surface area (Å²) in [5.41, 5.74) is 2.44. The summed E-state index contributed by atoms with van der Waals surface area (Å²) >= 11 is 5.92. The van der Waals surface area contributed by atoms with Crippen LogP contribution in [0.1, 0.15) is 16.1 Å². The molecule has 0 unspecified atom stereocenters. The van der Waals surface area contributed by atoms with Crippen LogP contribution in [-0.2, 0) is 0 Å². The van der Waals surface area contributed by atoms with Gasteiger partial charge in [-0.1, -0.05) is 11.6 Å². The molecule has 0 bridgehead atoms. The highest BCUT2D eigenvalue weighted by Gasteiger charge is 2.24. The lowest BCUT2D eigenvalue weighted by atomic mass is 10.2. The molecular formula is C23H24ClN5O2. The molecule has 0 spiro atoms. The van der Waals surface area contributed by atoms with Crippen molar-refractivity contribution in [1.29, 1.82) is 0 Å². The largest absolute Gasteiger partial charge is 0.497 e. The number of methoxy groups -OCH3 is 1. The van der Waals surface area contributed by atoms with Gasteiger partial charge >= 0.3 is 0 Å². The van der Waals surface area contributed by atoms with Gasteiger partial charge in [0.25, 0.3) is 5.91 Å². The molecule has 1 amide bonds. The van der Waals surface area contributed by atoms with Crippen molar-refractivity contribution in [2.24, 2.45) is 0 Å². The Morgan fingerprint density at radius 3 is 2.32 bits per heavy atom. The maximum atomic E-state index is 12.7. The third-order valence-corrected chi connectivity index (χ3v) is 5.40. The van der Waals surface area contributed by atoms with Crippen molar-refractivity contribution in [3.8, 4) is 5.75 Å². The average molecular weight is 438 g/mol. The van der Waals surface area contributed by atoms with Gasteiger partial charge in [0.1, 0.15) is 11.6 Å². The molecule has 4 rings (SSSR count). The quantitative estimate of drug-likeness (QED) is 0.646. The van der Waals surface area contributed by atoms with E-state index in [4.69, 9.17) is 16.3 Å². The molecule has 1 aliphatic rings. The van der Waals surface area contributed by atoms with E-state index in [1.165, 1.54) is 0 Å². The second-order valence-electron chi connectivity index (χ2n) is 7.33. The Morgan fingerprint density at radius 1 is 1.00 bits per heavy atom. The molecule has 0 radical (unpaired) electrons. The summed E-state index contributed by atoms with van der Waals surface area (Å²) in [4.78, 5) is 26.0. The number of nitrogens with one attached hydrogen (secondary N) is 1. The van der Waals surface area contributed by atoms with Gasteiger partial charge in [0.2, 0.25) is 5.95 Å². The molecule has 1 saturated heterocycles. The molecule has 0 saturated carbocycles. The first-order valence-electron chi connectivity index (χ1n) is 10.1. The van der Waals surface area contributed by atoms with Gasteiger partial charge < -0.3 is 19.9 Å². The van der Waals surface area contributed by atoms with E-state index in [-0.39, 0.29) is 5.91 Å². The third kappa shape index (κ3) is 5.06. The number of rotatable bonds is 5. The molecule has 160 valence electrons. The van der Waals surface area contributed by atoms with Crippen LogP contribution in [0.25, 0.3) is 0 Å². The van der Waals surface area contributed by atoms with E-state index in [0.29, 0.717) is 42.7 Å². The van der Waals surface area contributed by atoms with Crippen LogP contribution >= 0.6 is 11.6 Å². The second-order valence-corrected chi connectivity index (χ2v) is 7.77. The van der Waals surface area contributed by atoms with E-state index < -0.39 is 0 Å². The van der Waals surface area contributed by atoms with Crippen molar-refractivity contribution in [2.75, 3.05) is 43.5 Å². The number of benzene rings is 2. The zero-order chi connectivity index (χ0) is 21.8. The number of amides is 1. The van der Waals surface area contributed by atoms with Crippen LogP contribution in [0.4, 0.5) is 17.5 Å².